The van der Waals surface area contributed by atoms with Gasteiger partial charge in [0.1, 0.15) is 5.82 Å². The maximum Gasteiger partial charge on any atom is 0.257 e. The van der Waals surface area contributed by atoms with Crippen molar-refractivity contribution >= 4 is 11.6 Å². The number of amides is 1. The fourth-order valence-corrected chi connectivity index (χ4v) is 5.39. The van der Waals surface area contributed by atoms with Crippen molar-refractivity contribution in [1.82, 2.24) is 14.7 Å². The second kappa shape index (κ2) is 7.15. The van der Waals surface area contributed by atoms with E-state index in [1.54, 1.807) is 18.3 Å². The van der Waals surface area contributed by atoms with Crippen LogP contribution in [0.2, 0.25) is 0 Å². The third kappa shape index (κ3) is 3.32. The van der Waals surface area contributed by atoms with Crippen molar-refractivity contribution in [3.05, 3.63) is 47.5 Å². The smallest absolute Gasteiger partial charge is 0.257 e. The van der Waals surface area contributed by atoms with Crippen molar-refractivity contribution in [3.63, 3.8) is 0 Å². The molecule has 29 heavy (non-hydrogen) atoms. The zero-order valence-corrected chi connectivity index (χ0v) is 17.9. The number of likely N-dealkylation sites (tertiary alicyclic amines) is 1. The molecule has 1 unspecified atom stereocenters. The number of carbonyl (C=O) groups excluding carboxylic acids is 1. The van der Waals surface area contributed by atoms with Crippen LogP contribution in [0, 0.1) is 12.7 Å². The van der Waals surface area contributed by atoms with Crippen molar-refractivity contribution in [3.8, 4) is 0 Å². The van der Waals surface area contributed by atoms with Gasteiger partial charge in [-0.15, -0.1) is 0 Å². The molecular weight excluding hydrogens is 367 g/mol. The number of benzene rings is 1. The Morgan fingerprint density at radius 1 is 1.31 bits per heavy atom. The third-order valence-corrected chi connectivity index (χ3v) is 6.68. The summed E-state index contributed by atoms with van der Waals surface area (Å²) in [5.74, 6) is -0.142. The predicted octanol–water partition coefficient (Wildman–Crippen LogP) is 4.40. The van der Waals surface area contributed by atoms with Crippen LogP contribution in [0.4, 0.5) is 10.1 Å². The molecule has 156 valence electrons. The lowest BCUT2D eigenvalue weighted by atomic mass is 9.87. The molecule has 2 fully saturated rings. The normalized spacial score (nSPS) is 23.3. The zero-order chi connectivity index (χ0) is 20.8. The summed E-state index contributed by atoms with van der Waals surface area (Å²) in [6, 6.07) is 6.80. The van der Waals surface area contributed by atoms with Crippen LogP contribution >= 0.6 is 0 Å². The first kappa shape index (κ1) is 19.9. The van der Waals surface area contributed by atoms with Crippen molar-refractivity contribution in [2.45, 2.75) is 71.0 Å². The minimum Gasteiger partial charge on any atom is -0.364 e. The number of hydrogen-bond donors (Lipinski definition) is 0. The summed E-state index contributed by atoms with van der Waals surface area (Å²) in [7, 11) is 0. The lowest BCUT2D eigenvalue weighted by molar-refractivity contribution is 0.0616. The van der Waals surface area contributed by atoms with Crippen LogP contribution in [0.1, 0.15) is 62.5 Å². The minimum atomic E-state index is -0.224. The molecule has 4 rings (SSSR count). The van der Waals surface area contributed by atoms with Crippen LogP contribution in [0.15, 0.2) is 30.5 Å². The van der Waals surface area contributed by atoms with Crippen LogP contribution in [0.3, 0.4) is 0 Å². The molecule has 1 aromatic carbocycles. The molecule has 2 saturated heterocycles. The number of aryl methyl sites for hydroxylation is 1. The van der Waals surface area contributed by atoms with Crippen molar-refractivity contribution in [2.75, 3.05) is 18.0 Å². The van der Waals surface area contributed by atoms with E-state index in [1.165, 1.54) is 6.07 Å². The standard InChI is InChI=1S/C23H31FN4O/c1-5-11-28-17(2)20(14-25-28)21(29)26-12-7-10-23(26)15-22(3,4)27(16-23)19-9-6-8-18(24)13-19/h6,8-9,13-14H,5,7,10-12,15-16H2,1-4H3. The number of carbonyl (C=O) groups is 1. The van der Waals surface area contributed by atoms with Gasteiger partial charge in [0, 0.05) is 36.6 Å². The first-order valence-electron chi connectivity index (χ1n) is 10.6. The number of halogens is 1. The summed E-state index contributed by atoms with van der Waals surface area (Å²) in [6.45, 7) is 10.8. The minimum absolute atomic E-state index is 0.0826. The van der Waals surface area contributed by atoms with E-state index in [1.807, 2.05) is 17.7 Å². The molecule has 0 bridgehead atoms. The van der Waals surface area contributed by atoms with E-state index in [0.29, 0.717) is 5.56 Å². The monoisotopic (exact) mass is 398 g/mol. The maximum atomic E-state index is 13.9. The first-order chi connectivity index (χ1) is 13.8. The van der Waals surface area contributed by atoms with Gasteiger partial charge in [0.25, 0.3) is 5.91 Å². The Morgan fingerprint density at radius 3 is 2.83 bits per heavy atom. The highest BCUT2D eigenvalue weighted by Gasteiger charge is 2.55. The van der Waals surface area contributed by atoms with E-state index >= 15 is 0 Å². The van der Waals surface area contributed by atoms with Gasteiger partial charge in [-0.25, -0.2) is 4.39 Å². The largest absolute Gasteiger partial charge is 0.364 e. The first-order valence-corrected chi connectivity index (χ1v) is 10.6. The molecular formula is C23H31FN4O. The summed E-state index contributed by atoms with van der Waals surface area (Å²) < 4.78 is 15.8. The number of nitrogens with zero attached hydrogens (tertiary/aromatic N) is 4. The Bertz CT molecular complexity index is 921. The molecule has 2 aromatic rings. The van der Waals surface area contributed by atoms with Gasteiger partial charge < -0.3 is 9.80 Å². The molecule has 1 amide bonds. The molecule has 2 aliphatic heterocycles. The lowest BCUT2D eigenvalue weighted by Gasteiger charge is -2.35. The number of hydrogen-bond acceptors (Lipinski definition) is 3. The van der Waals surface area contributed by atoms with Gasteiger partial charge in [-0.2, -0.15) is 5.10 Å². The van der Waals surface area contributed by atoms with E-state index in [4.69, 9.17) is 0 Å². The Kier molecular flexibility index (Phi) is 4.91. The highest BCUT2D eigenvalue weighted by molar-refractivity contribution is 5.96. The Balaban J connectivity index is 1.64. The SMILES string of the molecule is CCCn1ncc(C(=O)N2CCCC23CN(c2cccc(F)c2)C(C)(C)C3)c1C. The van der Waals surface area contributed by atoms with Gasteiger partial charge in [0.05, 0.1) is 17.3 Å². The van der Waals surface area contributed by atoms with Crippen LogP contribution < -0.4 is 4.90 Å². The van der Waals surface area contributed by atoms with E-state index in [9.17, 15) is 9.18 Å². The summed E-state index contributed by atoms with van der Waals surface area (Å²) in [6.07, 6.45) is 5.58. The molecule has 0 radical (unpaired) electrons. The van der Waals surface area contributed by atoms with Gasteiger partial charge >= 0.3 is 0 Å². The number of rotatable bonds is 4. The molecule has 1 atom stereocenters. The highest BCUT2D eigenvalue weighted by Crippen LogP contribution is 2.47. The summed E-state index contributed by atoms with van der Waals surface area (Å²) in [5, 5.41) is 4.43. The average molecular weight is 399 g/mol. The Morgan fingerprint density at radius 2 is 2.10 bits per heavy atom. The molecule has 1 spiro atoms. The molecule has 1 aromatic heterocycles. The topological polar surface area (TPSA) is 41.4 Å². The molecule has 3 heterocycles. The maximum absolute atomic E-state index is 13.9. The number of anilines is 1. The second-order valence-electron chi connectivity index (χ2n) is 9.21. The van der Waals surface area contributed by atoms with E-state index in [0.717, 1.165) is 56.7 Å². The molecule has 0 aliphatic carbocycles. The van der Waals surface area contributed by atoms with Gasteiger partial charge in [-0.05, 0) is 64.7 Å². The fraction of sp³-hybridized carbons (Fsp3) is 0.565. The second-order valence-corrected chi connectivity index (χ2v) is 9.21. The van der Waals surface area contributed by atoms with Crippen LogP contribution in [0.5, 0.6) is 0 Å². The molecule has 0 saturated carbocycles. The lowest BCUT2D eigenvalue weighted by Crippen LogP contribution is -2.49. The highest BCUT2D eigenvalue weighted by atomic mass is 19.1. The summed E-state index contributed by atoms with van der Waals surface area (Å²) in [5.41, 5.74) is 2.17. The average Bonchev–Trinajstić information content (AvgIpc) is 3.31. The van der Waals surface area contributed by atoms with Gasteiger partial charge in [0.2, 0.25) is 0 Å². The zero-order valence-electron chi connectivity index (χ0n) is 17.9. The van der Waals surface area contributed by atoms with Gasteiger partial charge in [-0.3, -0.25) is 9.48 Å². The van der Waals surface area contributed by atoms with Crippen LogP contribution in [-0.4, -0.2) is 44.8 Å². The predicted molar refractivity (Wildman–Crippen MR) is 113 cm³/mol. The van der Waals surface area contributed by atoms with E-state index in [2.05, 4.69) is 35.7 Å². The van der Waals surface area contributed by atoms with Crippen molar-refractivity contribution < 1.29 is 9.18 Å². The van der Waals surface area contributed by atoms with Crippen LogP contribution in [0.25, 0.3) is 0 Å². The molecule has 2 aliphatic rings. The van der Waals surface area contributed by atoms with Gasteiger partial charge in [-0.1, -0.05) is 13.0 Å². The molecule has 6 heteroatoms. The fourth-order valence-electron chi connectivity index (χ4n) is 5.39. The van der Waals surface area contributed by atoms with Crippen molar-refractivity contribution in [2.24, 2.45) is 0 Å². The molecule has 0 N–H and O–H groups in total. The summed E-state index contributed by atoms with van der Waals surface area (Å²) >= 11 is 0. The Hall–Kier alpha value is -2.37. The van der Waals surface area contributed by atoms with E-state index in [-0.39, 0.29) is 22.8 Å². The summed E-state index contributed by atoms with van der Waals surface area (Å²) in [4.78, 5) is 17.9. The van der Waals surface area contributed by atoms with Crippen LogP contribution in [-0.2, 0) is 6.54 Å². The molecule has 5 nitrogen and oxygen atoms in total. The third-order valence-electron chi connectivity index (χ3n) is 6.68. The van der Waals surface area contributed by atoms with E-state index < -0.39 is 0 Å². The number of aromatic nitrogens is 2. The van der Waals surface area contributed by atoms with Gasteiger partial charge in [0.15, 0.2) is 0 Å². The van der Waals surface area contributed by atoms with Crippen molar-refractivity contribution in [1.29, 1.82) is 0 Å². The Labute approximate surface area is 172 Å². The quantitative estimate of drug-likeness (QED) is 0.766.